The average molecular weight is 272 g/mol. The highest BCUT2D eigenvalue weighted by molar-refractivity contribution is 5.53. The Morgan fingerprint density at radius 2 is 2.00 bits per heavy atom. The number of anilines is 2. The normalized spacial score (nSPS) is 10.2. The van der Waals surface area contributed by atoms with Crippen LogP contribution in [-0.4, -0.2) is 23.1 Å². The van der Waals surface area contributed by atoms with Gasteiger partial charge in [-0.2, -0.15) is 4.98 Å². The zero-order valence-electron chi connectivity index (χ0n) is 11.7. The molecule has 0 amide bonds. The summed E-state index contributed by atoms with van der Waals surface area (Å²) in [6, 6.07) is 7.69. The van der Waals surface area contributed by atoms with Crippen LogP contribution < -0.4 is 15.8 Å². The Labute approximate surface area is 119 Å². The monoisotopic (exact) mass is 272 g/mol. The van der Waals surface area contributed by atoms with Crippen LogP contribution in [0, 0.1) is 0 Å². The third-order valence-corrected chi connectivity index (χ3v) is 2.80. The van der Waals surface area contributed by atoms with E-state index in [1.165, 1.54) is 5.56 Å². The molecule has 0 fully saturated rings. The molecule has 0 aromatic carbocycles. The second kappa shape index (κ2) is 7.33. The maximum atomic E-state index is 5.83. The van der Waals surface area contributed by atoms with E-state index in [0.717, 1.165) is 25.2 Å². The number of ether oxygens (including phenoxy) is 1. The van der Waals surface area contributed by atoms with Gasteiger partial charge in [-0.1, -0.05) is 6.92 Å². The summed E-state index contributed by atoms with van der Waals surface area (Å²) in [5.41, 5.74) is 7.64. The van der Waals surface area contributed by atoms with Crippen LogP contribution in [0.4, 0.5) is 11.5 Å². The van der Waals surface area contributed by atoms with E-state index < -0.39 is 0 Å². The number of hydrogen-bond acceptors (Lipinski definition) is 5. The summed E-state index contributed by atoms with van der Waals surface area (Å²) in [6.07, 6.45) is 5.45. The molecule has 0 bridgehead atoms. The molecule has 0 atom stereocenters. The van der Waals surface area contributed by atoms with Gasteiger partial charge in [-0.25, -0.2) is 0 Å². The van der Waals surface area contributed by atoms with Crippen molar-refractivity contribution in [3.05, 3.63) is 42.2 Å². The van der Waals surface area contributed by atoms with Crippen molar-refractivity contribution in [3.8, 4) is 5.88 Å². The number of rotatable bonds is 7. The molecule has 3 N–H and O–H groups in total. The predicted molar refractivity (Wildman–Crippen MR) is 80.9 cm³/mol. The molecule has 5 nitrogen and oxygen atoms in total. The number of pyridine rings is 2. The Balaban J connectivity index is 1.89. The topological polar surface area (TPSA) is 73.1 Å². The number of nitrogen functional groups attached to an aromatic ring is 1. The van der Waals surface area contributed by atoms with Crippen molar-refractivity contribution >= 4 is 11.5 Å². The fraction of sp³-hybridized carbons (Fsp3) is 0.333. The summed E-state index contributed by atoms with van der Waals surface area (Å²) >= 11 is 0. The predicted octanol–water partition coefficient (Wildman–Crippen LogP) is 2.50. The van der Waals surface area contributed by atoms with Crippen LogP contribution in [0.2, 0.25) is 0 Å². The Morgan fingerprint density at radius 3 is 2.75 bits per heavy atom. The fourth-order valence-electron chi connectivity index (χ4n) is 1.75. The maximum absolute atomic E-state index is 5.83. The molecular formula is C15H20N4O. The zero-order chi connectivity index (χ0) is 14.2. The first-order chi connectivity index (χ1) is 9.79. The molecule has 2 heterocycles. The molecule has 0 saturated carbocycles. The summed E-state index contributed by atoms with van der Waals surface area (Å²) in [7, 11) is 0. The van der Waals surface area contributed by atoms with E-state index in [1.807, 2.05) is 31.2 Å². The molecular weight excluding hydrogens is 252 g/mol. The number of nitrogens with one attached hydrogen (secondary N) is 1. The first-order valence-electron chi connectivity index (χ1n) is 6.81. The van der Waals surface area contributed by atoms with Crippen molar-refractivity contribution in [2.45, 2.75) is 19.8 Å². The molecule has 106 valence electrons. The van der Waals surface area contributed by atoms with Gasteiger partial charge in [0.1, 0.15) is 5.82 Å². The van der Waals surface area contributed by atoms with E-state index in [1.54, 1.807) is 12.4 Å². The van der Waals surface area contributed by atoms with Crippen molar-refractivity contribution in [1.82, 2.24) is 9.97 Å². The highest BCUT2D eigenvalue weighted by Crippen LogP contribution is 2.20. The van der Waals surface area contributed by atoms with Crippen molar-refractivity contribution in [1.29, 1.82) is 0 Å². The van der Waals surface area contributed by atoms with Crippen LogP contribution in [0.5, 0.6) is 5.88 Å². The minimum atomic E-state index is 0.501. The maximum Gasteiger partial charge on any atom is 0.239 e. The highest BCUT2D eigenvalue weighted by atomic mass is 16.5. The number of hydrogen-bond donors (Lipinski definition) is 2. The van der Waals surface area contributed by atoms with Gasteiger partial charge >= 0.3 is 0 Å². The third kappa shape index (κ3) is 4.12. The lowest BCUT2D eigenvalue weighted by atomic mass is 10.2. The van der Waals surface area contributed by atoms with Gasteiger partial charge in [0.25, 0.3) is 0 Å². The first-order valence-corrected chi connectivity index (χ1v) is 6.81. The second-order valence-electron chi connectivity index (χ2n) is 4.47. The van der Waals surface area contributed by atoms with Crippen molar-refractivity contribution in [2.75, 3.05) is 24.2 Å². The lowest BCUT2D eigenvalue weighted by molar-refractivity contribution is 0.307. The number of nitrogens with zero attached hydrogens (tertiary/aromatic N) is 2. The summed E-state index contributed by atoms with van der Waals surface area (Å²) in [4.78, 5) is 8.37. The molecule has 5 heteroatoms. The Kier molecular flexibility index (Phi) is 5.17. The highest BCUT2D eigenvalue weighted by Gasteiger charge is 2.03. The molecule has 2 rings (SSSR count). The van der Waals surface area contributed by atoms with Crippen molar-refractivity contribution in [3.63, 3.8) is 0 Å². The van der Waals surface area contributed by atoms with Gasteiger partial charge in [0, 0.05) is 18.9 Å². The van der Waals surface area contributed by atoms with E-state index >= 15 is 0 Å². The van der Waals surface area contributed by atoms with Gasteiger partial charge in [-0.3, -0.25) is 4.98 Å². The largest absolute Gasteiger partial charge is 0.476 e. The lowest BCUT2D eigenvalue weighted by Gasteiger charge is -2.10. The van der Waals surface area contributed by atoms with Gasteiger partial charge in [-0.15, -0.1) is 0 Å². The summed E-state index contributed by atoms with van der Waals surface area (Å²) in [5.74, 6) is 1.28. The van der Waals surface area contributed by atoms with Crippen LogP contribution in [0.15, 0.2) is 36.7 Å². The molecule has 0 unspecified atom stereocenters. The molecule has 0 aliphatic heterocycles. The van der Waals surface area contributed by atoms with Gasteiger partial charge in [0.2, 0.25) is 5.88 Å². The second-order valence-corrected chi connectivity index (χ2v) is 4.47. The molecule has 0 radical (unpaired) electrons. The summed E-state index contributed by atoms with van der Waals surface area (Å²) in [5, 5.41) is 3.27. The molecule has 0 spiro atoms. The van der Waals surface area contributed by atoms with Crippen LogP contribution >= 0.6 is 0 Å². The molecule has 20 heavy (non-hydrogen) atoms. The minimum Gasteiger partial charge on any atom is -0.476 e. The molecule has 2 aromatic heterocycles. The molecule has 2 aromatic rings. The van der Waals surface area contributed by atoms with E-state index in [9.17, 15) is 0 Å². The summed E-state index contributed by atoms with van der Waals surface area (Å²) < 4.78 is 5.51. The lowest BCUT2D eigenvalue weighted by Crippen LogP contribution is -2.08. The van der Waals surface area contributed by atoms with Crippen LogP contribution in [0.25, 0.3) is 0 Å². The quantitative estimate of drug-likeness (QED) is 0.810. The van der Waals surface area contributed by atoms with E-state index in [2.05, 4.69) is 15.3 Å². The molecule has 0 saturated heterocycles. The summed E-state index contributed by atoms with van der Waals surface area (Å²) in [6.45, 7) is 3.47. The molecule has 0 aliphatic rings. The van der Waals surface area contributed by atoms with Gasteiger partial charge in [0.15, 0.2) is 0 Å². The Hall–Kier alpha value is -2.30. The SMILES string of the molecule is CCCOc1nc(NCCc2ccncc2)ccc1N. The first kappa shape index (κ1) is 14.1. The zero-order valence-corrected chi connectivity index (χ0v) is 11.7. The van der Waals surface area contributed by atoms with Crippen molar-refractivity contribution in [2.24, 2.45) is 0 Å². The van der Waals surface area contributed by atoms with Crippen LogP contribution in [-0.2, 0) is 6.42 Å². The average Bonchev–Trinajstić information content (AvgIpc) is 2.49. The minimum absolute atomic E-state index is 0.501. The van der Waals surface area contributed by atoms with E-state index in [-0.39, 0.29) is 0 Å². The van der Waals surface area contributed by atoms with Gasteiger partial charge in [0.05, 0.1) is 12.3 Å². The Morgan fingerprint density at radius 1 is 1.20 bits per heavy atom. The fourth-order valence-corrected chi connectivity index (χ4v) is 1.75. The van der Waals surface area contributed by atoms with Gasteiger partial charge < -0.3 is 15.8 Å². The van der Waals surface area contributed by atoms with E-state index in [0.29, 0.717) is 18.2 Å². The van der Waals surface area contributed by atoms with Crippen LogP contribution in [0.3, 0.4) is 0 Å². The van der Waals surface area contributed by atoms with Crippen LogP contribution in [0.1, 0.15) is 18.9 Å². The number of aromatic nitrogens is 2. The third-order valence-electron chi connectivity index (χ3n) is 2.80. The van der Waals surface area contributed by atoms with Gasteiger partial charge in [-0.05, 0) is 42.7 Å². The molecule has 0 aliphatic carbocycles. The Bertz CT molecular complexity index is 531. The standard InChI is InChI=1S/C15H20N4O/c1-2-11-20-15-13(16)3-4-14(19-15)18-10-7-12-5-8-17-9-6-12/h3-6,8-9H,2,7,10-11,16H2,1H3,(H,18,19). The smallest absolute Gasteiger partial charge is 0.239 e. The van der Waals surface area contributed by atoms with E-state index in [4.69, 9.17) is 10.5 Å². The number of nitrogens with two attached hydrogens (primary N) is 1. The van der Waals surface area contributed by atoms with Crippen molar-refractivity contribution < 1.29 is 4.74 Å².